The number of nitrogens with zero attached hydrogens (tertiary/aromatic N) is 2. The summed E-state index contributed by atoms with van der Waals surface area (Å²) in [6.07, 6.45) is 9.81. The van der Waals surface area contributed by atoms with Crippen LogP contribution in [0.2, 0.25) is 0 Å². The fourth-order valence-electron chi connectivity index (χ4n) is 2.62. The molecule has 21 heavy (non-hydrogen) atoms. The van der Waals surface area contributed by atoms with Gasteiger partial charge in [0.1, 0.15) is 0 Å². The van der Waals surface area contributed by atoms with Crippen LogP contribution < -0.4 is 0 Å². The van der Waals surface area contributed by atoms with E-state index in [1.54, 1.807) is 0 Å². The van der Waals surface area contributed by atoms with Crippen LogP contribution in [0.5, 0.6) is 0 Å². The molecule has 0 aromatic carbocycles. The zero-order valence-corrected chi connectivity index (χ0v) is 14.5. The Kier molecular flexibility index (Phi) is 8.63. The molecule has 0 unspecified atom stereocenters. The van der Waals surface area contributed by atoms with Crippen molar-refractivity contribution in [3.8, 4) is 0 Å². The zero-order valence-electron chi connectivity index (χ0n) is 14.5. The average Bonchev–Trinajstić information content (AvgIpc) is 2.46. The smallest absolute Gasteiger partial charge is 0.0110 e. The number of allylic oxidation sites excluding steroid dienone is 3. The van der Waals surface area contributed by atoms with E-state index in [-0.39, 0.29) is 0 Å². The summed E-state index contributed by atoms with van der Waals surface area (Å²) in [7, 11) is 0. The van der Waals surface area contributed by atoms with Gasteiger partial charge in [-0.1, -0.05) is 57.2 Å². The van der Waals surface area contributed by atoms with Crippen molar-refractivity contribution in [2.45, 2.75) is 34.1 Å². The molecular weight excluding hydrogens is 256 g/mol. The van der Waals surface area contributed by atoms with Crippen molar-refractivity contribution in [1.29, 1.82) is 0 Å². The Bertz CT molecular complexity index is 347. The molecule has 0 amide bonds. The Morgan fingerprint density at radius 3 is 2.24 bits per heavy atom. The standard InChI is InChI=1S/C19H34N2/c1-6-7-8-9-18(4)16-21-14-12-20(13-15-21)11-10-19(5)17(2)3/h6-9,17-18H,5,10-16H2,1-4H3/b7-6-,9-8-/t18-/m1/s1. The van der Waals surface area contributed by atoms with Gasteiger partial charge in [0.2, 0.25) is 0 Å². The Labute approximate surface area is 132 Å². The predicted molar refractivity (Wildman–Crippen MR) is 94.6 cm³/mol. The van der Waals surface area contributed by atoms with Gasteiger partial charge in [-0.15, -0.1) is 0 Å². The summed E-state index contributed by atoms with van der Waals surface area (Å²) >= 11 is 0. The van der Waals surface area contributed by atoms with Gasteiger partial charge in [0.05, 0.1) is 0 Å². The minimum Gasteiger partial charge on any atom is -0.300 e. The molecule has 1 rings (SSSR count). The predicted octanol–water partition coefficient (Wildman–Crippen LogP) is 3.97. The second kappa shape index (κ2) is 9.97. The molecule has 120 valence electrons. The van der Waals surface area contributed by atoms with Crippen LogP contribution in [0.4, 0.5) is 0 Å². The van der Waals surface area contributed by atoms with Crippen LogP contribution in [0.1, 0.15) is 34.1 Å². The monoisotopic (exact) mass is 290 g/mol. The van der Waals surface area contributed by atoms with Crippen molar-refractivity contribution in [2.75, 3.05) is 39.3 Å². The first-order valence-corrected chi connectivity index (χ1v) is 8.44. The normalized spacial score (nSPS) is 19.9. The molecule has 1 saturated heterocycles. The Morgan fingerprint density at radius 2 is 1.67 bits per heavy atom. The molecule has 1 aliphatic rings. The molecule has 0 aromatic heterocycles. The van der Waals surface area contributed by atoms with Gasteiger partial charge in [-0.25, -0.2) is 0 Å². The highest BCUT2D eigenvalue weighted by atomic mass is 15.3. The summed E-state index contributed by atoms with van der Waals surface area (Å²) in [5.41, 5.74) is 1.39. The van der Waals surface area contributed by atoms with E-state index in [0.717, 1.165) is 6.42 Å². The van der Waals surface area contributed by atoms with Crippen LogP contribution in [-0.2, 0) is 0 Å². The fraction of sp³-hybridized carbons (Fsp3) is 0.684. The topological polar surface area (TPSA) is 6.48 Å². The second-order valence-corrected chi connectivity index (χ2v) is 6.59. The highest BCUT2D eigenvalue weighted by molar-refractivity contribution is 5.03. The lowest BCUT2D eigenvalue weighted by Gasteiger charge is -2.35. The summed E-state index contributed by atoms with van der Waals surface area (Å²) in [5.74, 6) is 1.25. The van der Waals surface area contributed by atoms with E-state index in [0.29, 0.717) is 11.8 Å². The Morgan fingerprint density at radius 1 is 1.05 bits per heavy atom. The lowest BCUT2D eigenvalue weighted by atomic mass is 10.0. The molecule has 0 aromatic rings. The van der Waals surface area contributed by atoms with E-state index in [1.807, 2.05) is 0 Å². The van der Waals surface area contributed by atoms with Crippen molar-refractivity contribution < 1.29 is 0 Å². The van der Waals surface area contributed by atoms with Crippen LogP contribution in [-0.4, -0.2) is 49.1 Å². The largest absolute Gasteiger partial charge is 0.300 e. The van der Waals surface area contributed by atoms with Gasteiger partial charge in [-0.05, 0) is 25.2 Å². The summed E-state index contributed by atoms with van der Waals surface area (Å²) in [5, 5.41) is 0. The Hall–Kier alpha value is -0.860. The first-order valence-electron chi connectivity index (χ1n) is 8.44. The van der Waals surface area contributed by atoms with Crippen LogP contribution in [0.3, 0.4) is 0 Å². The highest BCUT2D eigenvalue weighted by Crippen LogP contribution is 2.13. The van der Waals surface area contributed by atoms with Gasteiger partial charge in [-0.3, -0.25) is 0 Å². The summed E-state index contributed by atoms with van der Waals surface area (Å²) < 4.78 is 0. The van der Waals surface area contributed by atoms with Crippen LogP contribution in [0.25, 0.3) is 0 Å². The minimum atomic E-state index is 0.621. The van der Waals surface area contributed by atoms with Crippen LogP contribution in [0, 0.1) is 11.8 Å². The molecular formula is C19H34N2. The van der Waals surface area contributed by atoms with Crippen molar-refractivity contribution in [2.24, 2.45) is 11.8 Å². The number of piperazine rings is 1. The van der Waals surface area contributed by atoms with Gasteiger partial charge in [0, 0.05) is 39.3 Å². The summed E-state index contributed by atoms with van der Waals surface area (Å²) in [6, 6.07) is 0. The van der Waals surface area contributed by atoms with E-state index >= 15 is 0 Å². The van der Waals surface area contributed by atoms with Gasteiger partial charge >= 0.3 is 0 Å². The fourth-order valence-corrected chi connectivity index (χ4v) is 2.62. The number of hydrogen-bond donors (Lipinski definition) is 0. The molecule has 1 aliphatic heterocycles. The third-order valence-corrected chi connectivity index (χ3v) is 4.32. The highest BCUT2D eigenvalue weighted by Gasteiger charge is 2.17. The molecule has 0 saturated carbocycles. The van der Waals surface area contributed by atoms with E-state index in [9.17, 15) is 0 Å². The SMILES string of the molecule is C=C(CCN1CCN(C[C@H](C)/C=C\C=C/C)CC1)C(C)C. The van der Waals surface area contributed by atoms with E-state index in [1.165, 1.54) is 44.8 Å². The van der Waals surface area contributed by atoms with Gasteiger partial charge in [0.25, 0.3) is 0 Å². The molecule has 1 heterocycles. The maximum absolute atomic E-state index is 4.18. The molecule has 2 nitrogen and oxygen atoms in total. The maximum atomic E-state index is 4.18. The third kappa shape index (κ3) is 7.63. The molecule has 1 atom stereocenters. The van der Waals surface area contributed by atoms with E-state index < -0.39 is 0 Å². The van der Waals surface area contributed by atoms with Crippen LogP contribution >= 0.6 is 0 Å². The molecule has 0 spiro atoms. The minimum absolute atomic E-state index is 0.621. The number of rotatable bonds is 8. The first kappa shape index (κ1) is 18.2. The van der Waals surface area contributed by atoms with Crippen LogP contribution in [0.15, 0.2) is 36.5 Å². The quantitative estimate of drug-likeness (QED) is 0.493. The van der Waals surface area contributed by atoms with Crippen molar-refractivity contribution >= 4 is 0 Å². The lowest BCUT2D eigenvalue weighted by molar-refractivity contribution is 0.126. The molecule has 0 radical (unpaired) electrons. The second-order valence-electron chi connectivity index (χ2n) is 6.59. The zero-order chi connectivity index (χ0) is 15.7. The van der Waals surface area contributed by atoms with Gasteiger partial charge < -0.3 is 9.80 Å². The third-order valence-electron chi connectivity index (χ3n) is 4.32. The molecule has 1 fully saturated rings. The lowest BCUT2D eigenvalue weighted by Crippen LogP contribution is -2.47. The first-order chi connectivity index (χ1) is 10.0. The Balaban J connectivity index is 2.21. The average molecular weight is 290 g/mol. The molecule has 0 aliphatic carbocycles. The van der Waals surface area contributed by atoms with E-state index in [4.69, 9.17) is 0 Å². The van der Waals surface area contributed by atoms with Gasteiger partial charge in [-0.2, -0.15) is 0 Å². The number of hydrogen-bond acceptors (Lipinski definition) is 2. The summed E-state index contributed by atoms with van der Waals surface area (Å²) in [4.78, 5) is 5.18. The van der Waals surface area contributed by atoms with Crippen molar-refractivity contribution in [1.82, 2.24) is 9.80 Å². The molecule has 2 heteroatoms. The van der Waals surface area contributed by atoms with Gasteiger partial charge in [0.15, 0.2) is 0 Å². The summed E-state index contributed by atoms with van der Waals surface area (Å²) in [6.45, 7) is 20.2. The van der Waals surface area contributed by atoms with Crippen molar-refractivity contribution in [3.05, 3.63) is 36.5 Å². The maximum Gasteiger partial charge on any atom is 0.0110 e. The van der Waals surface area contributed by atoms with E-state index in [2.05, 4.69) is 68.4 Å². The molecule has 0 bridgehead atoms. The van der Waals surface area contributed by atoms with Crippen molar-refractivity contribution in [3.63, 3.8) is 0 Å². The molecule has 0 N–H and O–H groups in total.